The van der Waals surface area contributed by atoms with E-state index in [1.54, 1.807) is 6.20 Å². The summed E-state index contributed by atoms with van der Waals surface area (Å²) in [5, 5.41) is 5.61. The highest BCUT2D eigenvalue weighted by atomic mass is 16.5. The maximum Gasteiger partial charge on any atom is 0.336 e. The molecule has 0 aliphatic carbocycles. The van der Waals surface area contributed by atoms with Gasteiger partial charge in [-0.2, -0.15) is 0 Å². The van der Waals surface area contributed by atoms with Crippen molar-refractivity contribution in [2.75, 3.05) is 7.11 Å². The molecule has 0 fully saturated rings. The highest BCUT2D eigenvalue weighted by Gasteiger charge is 2.35. The van der Waals surface area contributed by atoms with Gasteiger partial charge in [0.15, 0.2) is 0 Å². The summed E-state index contributed by atoms with van der Waals surface area (Å²) in [5.41, 5.74) is 5.32. The summed E-state index contributed by atoms with van der Waals surface area (Å²) in [6, 6.07) is 20.3. The number of benzene rings is 2. The fourth-order valence-corrected chi connectivity index (χ4v) is 4.05. The van der Waals surface area contributed by atoms with Gasteiger partial charge in [-0.25, -0.2) is 4.79 Å². The molecule has 0 amide bonds. The van der Waals surface area contributed by atoms with Crippen molar-refractivity contribution in [2.24, 2.45) is 0 Å². The first-order chi connectivity index (χ1) is 13.6. The molecule has 1 atom stereocenters. The molecule has 1 unspecified atom stereocenters. The van der Waals surface area contributed by atoms with Crippen LogP contribution in [0, 0.1) is 0 Å². The molecule has 2 aromatic carbocycles. The number of nitrogens with one attached hydrogen (secondary N) is 1. The number of dihydropyridines is 1. The Morgan fingerprint density at radius 3 is 2.46 bits per heavy atom. The van der Waals surface area contributed by atoms with Gasteiger partial charge in [0.25, 0.3) is 0 Å². The Kier molecular flexibility index (Phi) is 4.70. The molecule has 28 heavy (non-hydrogen) atoms. The van der Waals surface area contributed by atoms with Crippen LogP contribution in [0.2, 0.25) is 0 Å². The second-order valence-corrected chi connectivity index (χ2v) is 6.91. The maximum absolute atomic E-state index is 12.8. The maximum atomic E-state index is 12.8. The van der Waals surface area contributed by atoms with Gasteiger partial charge in [0.1, 0.15) is 0 Å². The Morgan fingerprint density at radius 2 is 1.71 bits per heavy atom. The molecule has 1 aromatic heterocycles. The third kappa shape index (κ3) is 2.97. The van der Waals surface area contributed by atoms with Crippen molar-refractivity contribution < 1.29 is 9.53 Å². The van der Waals surface area contributed by atoms with E-state index in [1.807, 2.05) is 50.2 Å². The van der Waals surface area contributed by atoms with E-state index in [9.17, 15) is 4.79 Å². The number of carbonyl (C=O) groups excluding carboxylic acids is 1. The number of rotatable bonds is 3. The van der Waals surface area contributed by atoms with E-state index < -0.39 is 0 Å². The zero-order chi connectivity index (χ0) is 19.7. The van der Waals surface area contributed by atoms with Crippen LogP contribution < -0.4 is 5.32 Å². The van der Waals surface area contributed by atoms with Crippen LogP contribution in [-0.4, -0.2) is 18.1 Å². The van der Waals surface area contributed by atoms with Crippen molar-refractivity contribution in [2.45, 2.75) is 19.8 Å². The zero-order valence-electron chi connectivity index (χ0n) is 16.2. The first-order valence-electron chi connectivity index (χ1n) is 9.27. The number of fused-ring (bicyclic) bond motifs is 1. The van der Waals surface area contributed by atoms with Gasteiger partial charge in [-0.05, 0) is 42.3 Å². The van der Waals surface area contributed by atoms with E-state index in [-0.39, 0.29) is 11.9 Å². The average molecular weight is 370 g/mol. The normalized spacial score (nSPS) is 16.9. The lowest BCUT2D eigenvalue weighted by atomic mass is 9.77. The largest absolute Gasteiger partial charge is 0.466 e. The van der Waals surface area contributed by atoms with Crippen LogP contribution in [0.3, 0.4) is 0 Å². The summed E-state index contributed by atoms with van der Waals surface area (Å²) in [4.78, 5) is 17.4. The standard InChI is InChI=1S/C24H22N2O2/c1-15-21(20-13-6-7-14-25-20)23(22(16(2)26-15)24(27)28-3)19-12-8-10-17-9-4-5-11-18(17)19/h4-14,23,26H,1-3H3. The summed E-state index contributed by atoms with van der Waals surface area (Å²) in [7, 11) is 1.42. The Bertz CT molecular complexity index is 1110. The van der Waals surface area contributed by atoms with E-state index in [0.717, 1.165) is 39.0 Å². The third-order valence-corrected chi connectivity index (χ3v) is 5.24. The average Bonchev–Trinajstić information content (AvgIpc) is 2.73. The molecule has 4 rings (SSSR count). The number of aromatic nitrogens is 1. The number of hydrogen-bond acceptors (Lipinski definition) is 4. The lowest BCUT2D eigenvalue weighted by molar-refractivity contribution is -0.136. The van der Waals surface area contributed by atoms with Crippen LogP contribution in [0.1, 0.15) is 31.0 Å². The van der Waals surface area contributed by atoms with Crippen LogP contribution in [0.15, 0.2) is 83.8 Å². The lowest BCUT2D eigenvalue weighted by Gasteiger charge is -2.32. The summed E-state index contributed by atoms with van der Waals surface area (Å²) in [6.45, 7) is 3.95. The van der Waals surface area contributed by atoms with Crippen molar-refractivity contribution in [3.05, 3.63) is 95.1 Å². The number of ether oxygens (including phenoxy) is 1. The molecule has 0 bridgehead atoms. The second kappa shape index (κ2) is 7.31. The summed E-state index contributed by atoms with van der Waals surface area (Å²) >= 11 is 0. The number of methoxy groups -OCH3 is 1. The molecule has 2 heterocycles. The Morgan fingerprint density at radius 1 is 0.964 bits per heavy atom. The zero-order valence-corrected chi connectivity index (χ0v) is 16.2. The molecule has 1 N–H and O–H groups in total. The molecule has 1 aliphatic heterocycles. The number of pyridine rings is 1. The van der Waals surface area contributed by atoms with Crippen molar-refractivity contribution in [1.29, 1.82) is 0 Å². The van der Waals surface area contributed by atoms with Gasteiger partial charge in [0.05, 0.1) is 18.4 Å². The number of allylic oxidation sites excluding steroid dienone is 3. The number of nitrogens with zero attached hydrogens (tertiary/aromatic N) is 1. The molecule has 0 saturated heterocycles. The molecule has 3 aromatic rings. The third-order valence-electron chi connectivity index (χ3n) is 5.24. The van der Waals surface area contributed by atoms with E-state index >= 15 is 0 Å². The van der Waals surface area contributed by atoms with E-state index in [0.29, 0.717) is 5.57 Å². The van der Waals surface area contributed by atoms with Gasteiger partial charge in [-0.15, -0.1) is 0 Å². The molecule has 0 radical (unpaired) electrons. The van der Waals surface area contributed by atoms with Crippen molar-refractivity contribution in [1.82, 2.24) is 10.3 Å². The van der Waals surface area contributed by atoms with Gasteiger partial charge in [-0.1, -0.05) is 48.5 Å². The Hall–Kier alpha value is -3.40. The number of carbonyl (C=O) groups is 1. The summed E-state index contributed by atoms with van der Waals surface area (Å²) in [6.07, 6.45) is 1.78. The molecule has 0 saturated carbocycles. The van der Waals surface area contributed by atoms with E-state index in [2.05, 4.69) is 34.6 Å². The molecule has 1 aliphatic rings. The lowest BCUT2D eigenvalue weighted by Crippen LogP contribution is -2.28. The van der Waals surface area contributed by atoms with Crippen LogP contribution in [0.25, 0.3) is 16.3 Å². The molecule has 4 heteroatoms. The highest BCUT2D eigenvalue weighted by Crippen LogP contribution is 2.45. The minimum absolute atomic E-state index is 0.269. The fourth-order valence-electron chi connectivity index (χ4n) is 4.05. The summed E-state index contributed by atoms with van der Waals surface area (Å²) < 4.78 is 5.16. The van der Waals surface area contributed by atoms with Gasteiger partial charge >= 0.3 is 5.97 Å². The highest BCUT2D eigenvalue weighted by molar-refractivity contribution is 6.00. The first kappa shape index (κ1) is 18.0. The molecule has 0 spiro atoms. The minimum Gasteiger partial charge on any atom is -0.466 e. The Labute approximate surface area is 164 Å². The molecule has 140 valence electrons. The van der Waals surface area contributed by atoms with E-state index in [1.165, 1.54) is 7.11 Å². The van der Waals surface area contributed by atoms with Gasteiger partial charge in [0.2, 0.25) is 0 Å². The molecule has 4 nitrogen and oxygen atoms in total. The second-order valence-electron chi connectivity index (χ2n) is 6.91. The van der Waals surface area contributed by atoms with Crippen molar-refractivity contribution in [3.8, 4) is 0 Å². The van der Waals surface area contributed by atoms with Crippen molar-refractivity contribution >= 4 is 22.3 Å². The first-order valence-corrected chi connectivity index (χ1v) is 9.27. The number of esters is 1. The number of hydrogen-bond donors (Lipinski definition) is 1. The molecular weight excluding hydrogens is 348 g/mol. The van der Waals surface area contributed by atoms with Crippen LogP contribution in [0.5, 0.6) is 0 Å². The molecular formula is C24H22N2O2. The van der Waals surface area contributed by atoms with Gasteiger partial charge in [-0.3, -0.25) is 4.98 Å². The van der Waals surface area contributed by atoms with Gasteiger partial charge in [0, 0.05) is 29.1 Å². The minimum atomic E-state index is -0.330. The predicted molar refractivity (Wildman–Crippen MR) is 111 cm³/mol. The van der Waals surface area contributed by atoms with Crippen LogP contribution >= 0.6 is 0 Å². The predicted octanol–water partition coefficient (Wildman–Crippen LogP) is 4.80. The monoisotopic (exact) mass is 370 g/mol. The fraction of sp³-hybridized carbons (Fsp3) is 0.167. The summed E-state index contributed by atoms with van der Waals surface area (Å²) in [5.74, 6) is -0.599. The van der Waals surface area contributed by atoms with Gasteiger partial charge < -0.3 is 10.1 Å². The van der Waals surface area contributed by atoms with Crippen LogP contribution in [-0.2, 0) is 9.53 Å². The SMILES string of the molecule is COC(=O)C1=C(C)NC(C)=C(c2ccccn2)C1c1cccc2ccccc12. The van der Waals surface area contributed by atoms with E-state index in [4.69, 9.17) is 4.74 Å². The Balaban J connectivity index is 2.03. The smallest absolute Gasteiger partial charge is 0.336 e. The van der Waals surface area contributed by atoms with Crippen molar-refractivity contribution in [3.63, 3.8) is 0 Å². The quantitative estimate of drug-likeness (QED) is 0.673. The van der Waals surface area contributed by atoms with Crippen LogP contribution in [0.4, 0.5) is 0 Å². The topological polar surface area (TPSA) is 51.2 Å².